The molecule has 1 aromatic carbocycles. The normalized spacial score (nSPS) is 17.8. The topological polar surface area (TPSA) is 77.8 Å². The molecule has 1 saturated heterocycles. The van der Waals surface area contributed by atoms with Crippen LogP contribution in [-0.4, -0.2) is 40.1 Å². The van der Waals surface area contributed by atoms with E-state index in [1.54, 1.807) is 36.9 Å². The first kappa shape index (κ1) is 14.4. The molecule has 2 rings (SSSR count). The van der Waals surface area contributed by atoms with Gasteiger partial charge in [-0.05, 0) is 38.3 Å². The van der Waals surface area contributed by atoms with E-state index in [1.807, 2.05) is 0 Å². The molecule has 0 unspecified atom stereocenters. The van der Waals surface area contributed by atoms with Gasteiger partial charge in [-0.15, -0.1) is 0 Å². The fraction of sp³-hybridized carbons (Fsp3) is 0.467. The Morgan fingerprint density at radius 3 is 2.40 bits per heavy atom. The molecule has 5 nitrogen and oxygen atoms in total. The molecule has 5 heteroatoms. The van der Waals surface area contributed by atoms with E-state index in [-0.39, 0.29) is 17.2 Å². The van der Waals surface area contributed by atoms with Crippen molar-refractivity contribution in [2.24, 2.45) is 5.41 Å². The van der Waals surface area contributed by atoms with Crippen molar-refractivity contribution < 1.29 is 19.8 Å². The number of amides is 1. The number of aromatic hydroxyl groups is 1. The Morgan fingerprint density at radius 2 is 1.85 bits per heavy atom. The van der Waals surface area contributed by atoms with Gasteiger partial charge in [-0.1, -0.05) is 12.1 Å². The summed E-state index contributed by atoms with van der Waals surface area (Å²) in [6.45, 7) is 4.25. The summed E-state index contributed by atoms with van der Waals surface area (Å²) in [6, 6.07) is 5.06. The number of nitrogens with zero attached hydrogens (tertiary/aromatic N) is 1. The summed E-state index contributed by atoms with van der Waals surface area (Å²) in [4.78, 5) is 25.2. The lowest BCUT2D eigenvalue weighted by atomic mass is 9.80. The number of carbonyl (C=O) groups excluding carboxylic acids is 1. The number of aryl methyl sites for hydroxylation is 1. The van der Waals surface area contributed by atoms with Gasteiger partial charge >= 0.3 is 5.97 Å². The number of carboxylic acid groups (broad SMARTS) is 1. The lowest BCUT2D eigenvalue weighted by Crippen LogP contribution is -2.45. The molecule has 2 N–H and O–H groups in total. The number of rotatable bonds is 2. The van der Waals surface area contributed by atoms with E-state index in [2.05, 4.69) is 0 Å². The maximum atomic E-state index is 12.4. The molecule has 0 aliphatic carbocycles. The lowest BCUT2D eigenvalue weighted by molar-refractivity contribution is -0.150. The van der Waals surface area contributed by atoms with Gasteiger partial charge < -0.3 is 15.1 Å². The minimum Gasteiger partial charge on any atom is -0.507 e. The third-order valence-electron chi connectivity index (χ3n) is 4.14. The second-order valence-corrected chi connectivity index (χ2v) is 5.63. The SMILES string of the molecule is Cc1cccc(C(=O)N2CCC(C)(C(=O)O)CC2)c1O. The molecule has 0 aromatic heterocycles. The molecule has 108 valence electrons. The van der Waals surface area contributed by atoms with Gasteiger partial charge in [0.05, 0.1) is 11.0 Å². The zero-order valence-electron chi connectivity index (χ0n) is 11.7. The van der Waals surface area contributed by atoms with Crippen molar-refractivity contribution in [1.29, 1.82) is 0 Å². The summed E-state index contributed by atoms with van der Waals surface area (Å²) in [5.74, 6) is -1.05. The predicted molar refractivity (Wildman–Crippen MR) is 73.7 cm³/mol. The molecule has 1 aromatic rings. The number of piperidine rings is 1. The van der Waals surface area contributed by atoms with Gasteiger partial charge in [0.25, 0.3) is 5.91 Å². The van der Waals surface area contributed by atoms with Gasteiger partial charge in [-0.3, -0.25) is 9.59 Å². The van der Waals surface area contributed by atoms with Gasteiger partial charge in [-0.2, -0.15) is 0 Å². The average Bonchev–Trinajstić information content (AvgIpc) is 2.42. The number of carbonyl (C=O) groups is 2. The first-order chi connectivity index (χ1) is 9.35. The quantitative estimate of drug-likeness (QED) is 0.867. The van der Waals surface area contributed by atoms with Crippen molar-refractivity contribution in [3.8, 4) is 5.75 Å². The van der Waals surface area contributed by atoms with Crippen LogP contribution < -0.4 is 0 Å². The van der Waals surface area contributed by atoms with E-state index < -0.39 is 11.4 Å². The van der Waals surface area contributed by atoms with Gasteiger partial charge in [-0.25, -0.2) is 0 Å². The molecule has 1 heterocycles. The number of phenols is 1. The van der Waals surface area contributed by atoms with E-state index in [9.17, 15) is 19.8 Å². The van der Waals surface area contributed by atoms with Crippen LogP contribution in [0.2, 0.25) is 0 Å². The summed E-state index contributed by atoms with van der Waals surface area (Å²) >= 11 is 0. The summed E-state index contributed by atoms with van der Waals surface area (Å²) in [5, 5.41) is 19.1. The average molecular weight is 277 g/mol. The highest BCUT2D eigenvalue weighted by Crippen LogP contribution is 2.32. The zero-order valence-corrected chi connectivity index (χ0v) is 11.7. The molecule has 20 heavy (non-hydrogen) atoms. The lowest BCUT2D eigenvalue weighted by Gasteiger charge is -2.36. The third-order valence-corrected chi connectivity index (χ3v) is 4.14. The monoisotopic (exact) mass is 277 g/mol. The number of aliphatic carboxylic acids is 1. The number of hydrogen-bond acceptors (Lipinski definition) is 3. The Labute approximate surface area is 117 Å². The van der Waals surface area contributed by atoms with Crippen LogP contribution in [-0.2, 0) is 4.79 Å². The molecule has 0 bridgehead atoms. The van der Waals surface area contributed by atoms with Gasteiger partial charge in [0.1, 0.15) is 5.75 Å². The smallest absolute Gasteiger partial charge is 0.309 e. The summed E-state index contributed by atoms with van der Waals surface area (Å²) in [6.07, 6.45) is 0.862. The maximum absolute atomic E-state index is 12.4. The molecular weight excluding hydrogens is 258 g/mol. The largest absolute Gasteiger partial charge is 0.507 e. The van der Waals surface area contributed by atoms with Crippen molar-refractivity contribution in [1.82, 2.24) is 4.90 Å². The predicted octanol–water partition coefficient (Wildman–Crippen LogP) is 2.03. The van der Waals surface area contributed by atoms with E-state index in [4.69, 9.17) is 0 Å². The number of hydrogen-bond donors (Lipinski definition) is 2. The molecule has 0 saturated carbocycles. The molecular formula is C15H19NO4. The second-order valence-electron chi connectivity index (χ2n) is 5.63. The minimum absolute atomic E-state index is 0.00377. The van der Waals surface area contributed by atoms with Crippen molar-refractivity contribution in [2.75, 3.05) is 13.1 Å². The zero-order chi connectivity index (χ0) is 14.9. The minimum atomic E-state index is -0.817. The summed E-state index contributed by atoms with van der Waals surface area (Å²) in [7, 11) is 0. The van der Waals surface area contributed by atoms with Crippen LogP contribution in [0.15, 0.2) is 18.2 Å². The van der Waals surface area contributed by atoms with Crippen molar-refractivity contribution in [3.63, 3.8) is 0 Å². The molecule has 1 aliphatic heterocycles. The number of phenolic OH excluding ortho intramolecular Hbond substituents is 1. The van der Waals surface area contributed by atoms with Crippen LogP contribution in [0, 0.1) is 12.3 Å². The molecule has 1 aliphatic rings. The Hall–Kier alpha value is -2.04. The van der Waals surface area contributed by atoms with E-state index >= 15 is 0 Å². The Bertz CT molecular complexity index is 545. The van der Waals surface area contributed by atoms with E-state index in [0.717, 1.165) is 0 Å². The van der Waals surface area contributed by atoms with E-state index in [0.29, 0.717) is 31.5 Å². The van der Waals surface area contributed by atoms with Crippen molar-refractivity contribution in [3.05, 3.63) is 29.3 Å². The van der Waals surface area contributed by atoms with Crippen LogP contribution in [0.4, 0.5) is 0 Å². The molecule has 0 atom stereocenters. The van der Waals surface area contributed by atoms with Gasteiger partial charge in [0.15, 0.2) is 0 Å². The van der Waals surface area contributed by atoms with Crippen LogP contribution in [0.3, 0.4) is 0 Å². The Balaban J connectivity index is 2.13. The molecule has 1 fully saturated rings. The first-order valence-corrected chi connectivity index (χ1v) is 6.66. The van der Waals surface area contributed by atoms with Crippen LogP contribution in [0.5, 0.6) is 5.75 Å². The number of carboxylic acids is 1. The molecule has 1 amide bonds. The summed E-state index contributed by atoms with van der Waals surface area (Å²) in [5.41, 5.74) is 0.179. The number of likely N-dealkylation sites (tertiary alicyclic amines) is 1. The van der Waals surface area contributed by atoms with Crippen molar-refractivity contribution >= 4 is 11.9 Å². The van der Waals surface area contributed by atoms with Crippen molar-refractivity contribution in [2.45, 2.75) is 26.7 Å². The third kappa shape index (κ3) is 2.48. The first-order valence-electron chi connectivity index (χ1n) is 6.66. The van der Waals surface area contributed by atoms with Gasteiger partial charge in [0.2, 0.25) is 0 Å². The highest BCUT2D eigenvalue weighted by molar-refractivity contribution is 5.97. The highest BCUT2D eigenvalue weighted by Gasteiger charge is 2.38. The number of benzene rings is 1. The highest BCUT2D eigenvalue weighted by atomic mass is 16.4. The molecule has 0 spiro atoms. The second kappa shape index (κ2) is 5.15. The Morgan fingerprint density at radius 1 is 1.25 bits per heavy atom. The fourth-order valence-electron chi connectivity index (χ4n) is 2.42. The van der Waals surface area contributed by atoms with Crippen LogP contribution in [0.1, 0.15) is 35.7 Å². The van der Waals surface area contributed by atoms with Crippen LogP contribution in [0.25, 0.3) is 0 Å². The molecule has 0 radical (unpaired) electrons. The maximum Gasteiger partial charge on any atom is 0.309 e. The van der Waals surface area contributed by atoms with E-state index in [1.165, 1.54) is 0 Å². The standard InChI is InChI=1S/C15H19NO4/c1-10-4-3-5-11(12(10)17)13(18)16-8-6-15(2,7-9-16)14(19)20/h3-5,17H,6-9H2,1-2H3,(H,19,20). The number of para-hydroxylation sites is 1. The van der Waals surface area contributed by atoms with Crippen LogP contribution >= 0.6 is 0 Å². The summed E-state index contributed by atoms with van der Waals surface area (Å²) < 4.78 is 0. The fourth-order valence-corrected chi connectivity index (χ4v) is 2.42. The van der Waals surface area contributed by atoms with Gasteiger partial charge in [0, 0.05) is 13.1 Å². The Kier molecular flexibility index (Phi) is 3.70.